The fourth-order valence-electron chi connectivity index (χ4n) is 1.82. The first kappa shape index (κ1) is 12.9. The molecule has 0 fully saturated rings. The van der Waals surface area contributed by atoms with Crippen molar-refractivity contribution in [2.45, 2.75) is 12.5 Å². The van der Waals surface area contributed by atoms with E-state index < -0.39 is 0 Å². The number of hydrogen-bond acceptors (Lipinski definition) is 4. The molecule has 2 aromatic rings. The fourth-order valence-corrected chi connectivity index (χ4v) is 1.98. The average Bonchev–Trinajstić information content (AvgIpc) is 2.74. The van der Waals surface area contributed by atoms with E-state index >= 15 is 0 Å². The molecule has 2 N–H and O–H groups in total. The van der Waals surface area contributed by atoms with Crippen LogP contribution >= 0.6 is 11.6 Å². The molecule has 0 saturated carbocycles. The van der Waals surface area contributed by atoms with E-state index in [9.17, 15) is 0 Å². The molecule has 1 aromatic heterocycles. The van der Waals surface area contributed by atoms with Gasteiger partial charge in [0.2, 0.25) is 0 Å². The first-order valence-corrected chi connectivity index (χ1v) is 5.92. The largest absolute Gasteiger partial charge is 0.496 e. The number of rotatable bonds is 4. The van der Waals surface area contributed by atoms with Gasteiger partial charge in [-0.2, -0.15) is 0 Å². The molecule has 0 bridgehead atoms. The lowest BCUT2D eigenvalue weighted by atomic mass is 10.0. The molecule has 96 valence electrons. The zero-order valence-corrected chi connectivity index (χ0v) is 11.1. The van der Waals surface area contributed by atoms with Crippen LogP contribution in [0.5, 0.6) is 5.75 Å². The second kappa shape index (κ2) is 5.37. The Kier molecular flexibility index (Phi) is 3.84. The molecule has 0 aliphatic carbocycles. The average molecular weight is 267 g/mol. The van der Waals surface area contributed by atoms with Crippen LogP contribution in [-0.2, 0) is 13.5 Å². The van der Waals surface area contributed by atoms with Crippen molar-refractivity contribution in [2.24, 2.45) is 12.8 Å². The lowest BCUT2D eigenvalue weighted by molar-refractivity contribution is 0.405. The lowest BCUT2D eigenvalue weighted by Crippen LogP contribution is -2.14. The minimum Gasteiger partial charge on any atom is -0.496 e. The number of hydrogen-bond donors (Lipinski definition) is 1. The highest BCUT2D eigenvalue weighted by Crippen LogP contribution is 2.28. The Hall–Kier alpha value is -1.59. The summed E-state index contributed by atoms with van der Waals surface area (Å²) in [6.45, 7) is 0. The van der Waals surface area contributed by atoms with Gasteiger partial charge in [-0.15, -0.1) is 5.10 Å². The van der Waals surface area contributed by atoms with Gasteiger partial charge >= 0.3 is 0 Å². The lowest BCUT2D eigenvalue weighted by Gasteiger charge is -2.14. The van der Waals surface area contributed by atoms with E-state index in [2.05, 4.69) is 10.3 Å². The molecule has 0 saturated heterocycles. The van der Waals surface area contributed by atoms with Crippen LogP contribution in [-0.4, -0.2) is 22.1 Å². The summed E-state index contributed by atoms with van der Waals surface area (Å²) in [5, 5.41) is 8.53. The highest BCUT2D eigenvalue weighted by molar-refractivity contribution is 6.30. The van der Waals surface area contributed by atoms with Crippen molar-refractivity contribution in [3.8, 4) is 5.75 Å². The van der Waals surface area contributed by atoms with Crippen LogP contribution in [0, 0.1) is 0 Å². The van der Waals surface area contributed by atoms with Crippen LogP contribution in [0.15, 0.2) is 24.4 Å². The molecule has 1 unspecified atom stereocenters. The van der Waals surface area contributed by atoms with Crippen LogP contribution in [0.2, 0.25) is 5.02 Å². The van der Waals surface area contributed by atoms with E-state index in [1.807, 2.05) is 19.3 Å². The van der Waals surface area contributed by atoms with E-state index in [4.69, 9.17) is 22.1 Å². The summed E-state index contributed by atoms with van der Waals surface area (Å²) in [7, 11) is 3.43. The maximum Gasteiger partial charge on any atom is 0.125 e. The molecule has 1 heterocycles. The predicted molar refractivity (Wildman–Crippen MR) is 69.6 cm³/mol. The number of aryl methyl sites for hydroxylation is 1. The Bertz CT molecular complexity index is 541. The third-order valence-electron chi connectivity index (χ3n) is 2.67. The SMILES string of the molecule is COc1cc(Cl)ccc1C(N)Cc1cn(C)nn1. The zero-order chi connectivity index (χ0) is 13.1. The van der Waals surface area contributed by atoms with Gasteiger partial charge in [-0.25, -0.2) is 0 Å². The summed E-state index contributed by atoms with van der Waals surface area (Å²) < 4.78 is 6.94. The first-order valence-electron chi connectivity index (χ1n) is 5.54. The van der Waals surface area contributed by atoms with Crippen molar-refractivity contribution < 1.29 is 4.74 Å². The topological polar surface area (TPSA) is 66.0 Å². The smallest absolute Gasteiger partial charge is 0.125 e. The summed E-state index contributed by atoms with van der Waals surface area (Å²) >= 11 is 5.92. The van der Waals surface area contributed by atoms with Crippen molar-refractivity contribution >= 4 is 11.6 Å². The Morgan fingerprint density at radius 2 is 2.28 bits per heavy atom. The number of aromatic nitrogens is 3. The van der Waals surface area contributed by atoms with E-state index in [1.165, 1.54) is 0 Å². The Morgan fingerprint density at radius 1 is 1.50 bits per heavy atom. The minimum absolute atomic E-state index is 0.200. The minimum atomic E-state index is -0.200. The molecule has 0 spiro atoms. The normalized spacial score (nSPS) is 12.4. The molecule has 0 radical (unpaired) electrons. The molecule has 0 amide bonds. The quantitative estimate of drug-likeness (QED) is 0.915. The van der Waals surface area contributed by atoms with Gasteiger partial charge in [0.15, 0.2) is 0 Å². The van der Waals surface area contributed by atoms with E-state index in [-0.39, 0.29) is 6.04 Å². The summed E-state index contributed by atoms with van der Waals surface area (Å²) in [6.07, 6.45) is 2.45. The molecule has 6 heteroatoms. The van der Waals surface area contributed by atoms with Crippen LogP contribution in [0.25, 0.3) is 0 Å². The number of nitrogens with zero attached hydrogens (tertiary/aromatic N) is 3. The van der Waals surface area contributed by atoms with Gasteiger partial charge in [-0.1, -0.05) is 22.9 Å². The highest BCUT2D eigenvalue weighted by Gasteiger charge is 2.14. The maximum absolute atomic E-state index is 6.16. The van der Waals surface area contributed by atoms with Crippen LogP contribution in [0.3, 0.4) is 0 Å². The van der Waals surface area contributed by atoms with Gasteiger partial charge in [0.1, 0.15) is 5.75 Å². The third-order valence-corrected chi connectivity index (χ3v) is 2.91. The van der Waals surface area contributed by atoms with E-state index in [0.717, 1.165) is 11.3 Å². The first-order chi connectivity index (χ1) is 8.60. The molecular weight excluding hydrogens is 252 g/mol. The standard InChI is InChI=1S/C12H15ClN4O/c1-17-7-9(15-16-17)6-11(14)10-4-3-8(13)5-12(10)18-2/h3-5,7,11H,6,14H2,1-2H3. The van der Waals surface area contributed by atoms with Crippen molar-refractivity contribution in [1.29, 1.82) is 0 Å². The van der Waals surface area contributed by atoms with Crippen LogP contribution in [0.1, 0.15) is 17.3 Å². The summed E-state index contributed by atoms with van der Waals surface area (Å²) in [6, 6.07) is 5.24. The van der Waals surface area contributed by atoms with Crippen LogP contribution in [0.4, 0.5) is 0 Å². The van der Waals surface area contributed by atoms with Gasteiger partial charge in [-0.3, -0.25) is 4.68 Å². The molecule has 2 rings (SSSR count). The van der Waals surface area contributed by atoms with Crippen molar-refractivity contribution in [3.05, 3.63) is 40.7 Å². The van der Waals surface area contributed by atoms with Gasteiger partial charge < -0.3 is 10.5 Å². The van der Waals surface area contributed by atoms with Crippen molar-refractivity contribution in [3.63, 3.8) is 0 Å². The van der Waals surface area contributed by atoms with Gasteiger partial charge in [-0.05, 0) is 12.1 Å². The van der Waals surface area contributed by atoms with Gasteiger partial charge in [0.05, 0.1) is 12.8 Å². The highest BCUT2D eigenvalue weighted by atomic mass is 35.5. The molecular formula is C12H15ClN4O. The molecule has 1 atom stereocenters. The van der Waals surface area contributed by atoms with Gasteiger partial charge in [0.25, 0.3) is 0 Å². The summed E-state index contributed by atoms with van der Waals surface area (Å²) in [4.78, 5) is 0. The zero-order valence-electron chi connectivity index (χ0n) is 10.3. The molecule has 0 aliphatic heterocycles. The number of halogens is 1. The predicted octanol–water partition coefficient (Wildman–Crippen LogP) is 1.72. The van der Waals surface area contributed by atoms with E-state index in [1.54, 1.807) is 23.9 Å². The summed E-state index contributed by atoms with van der Waals surface area (Å²) in [5.74, 6) is 0.693. The van der Waals surface area contributed by atoms with E-state index in [0.29, 0.717) is 17.2 Å². The number of nitrogens with two attached hydrogens (primary N) is 1. The molecule has 5 nitrogen and oxygen atoms in total. The number of benzene rings is 1. The Labute approximate surface area is 111 Å². The number of ether oxygens (including phenoxy) is 1. The fraction of sp³-hybridized carbons (Fsp3) is 0.333. The Balaban J connectivity index is 2.20. The molecule has 1 aromatic carbocycles. The van der Waals surface area contributed by atoms with Gasteiger partial charge in [0, 0.05) is 36.3 Å². The van der Waals surface area contributed by atoms with Crippen LogP contribution < -0.4 is 10.5 Å². The monoisotopic (exact) mass is 266 g/mol. The van der Waals surface area contributed by atoms with Crippen molar-refractivity contribution in [1.82, 2.24) is 15.0 Å². The molecule has 0 aliphatic rings. The summed E-state index contributed by atoms with van der Waals surface area (Å²) in [5.41, 5.74) is 7.92. The second-order valence-corrected chi connectivity index (χ2v) is 4.52. The number of methoxy groups -OCH3 is 1. The van der Waals surface area contributed by atoms with Crippen molar-refractivity contribution in [2.75, 3.05) is 7.11 Å². The maximum atomic E-state index is 6.16. The molecule has 18 heavy (non-hydrogen) atoms. The third kappa shape index (κ3) is 2.80. The second-order valence-electron chi connectivity index (χ2n) is 4.08. The Morgan fingerprint density at radius 3 is 2.89 bits per heavy atom.